The van der Waals surface area contributed by atoms with Crippen molar-refractivity contribution in [2.24, 2.45) is 0 Å². The molecule has 0 aliphatic carbocycles. The normalized spacial score (nSPS) is 11.7. The number of hydrogen-bond acceptors (Lipinski definition) is 3. The van der Waals surface area contributed by atoms with Crippen LogP contribution in [0.2, 0.25) is 0 Å². The molecule has 114 valence electrons. The molecular formula is C20H18N2O. The number of fused-ring (bicyclic) bond motifs is 3. The van der Waals surface area contributed by atoms with Gasteiger partial charge in [0.25, 0.3) is 0 Å². The molecule has 0 N–H and O–H groups in total. The van der Waals surface area contributed by atoms with E-state index in [-0.39, 0.29) is 0 Å². The Labute approximate surface area is 135 Å². The quantitative estimate of drug-likeness (QED) is 0.492. The molecule has 4 rings (SSSR count). The summed E-state index contributed by atoms with van der Waals surface area (Å²) in [5, 5.41) is 1.04. The second-order valence-corrected chi connectivity index (χ2v) is 6.24. The summed E-state index contributed by atoms with van der Waals surface area (Å²) in [5.41, 5.74) is 6.82. The first-order chi connectivity index (χ1) is 11.1. The topological polar surface area (TPSA) is 38.9 Å². The van der Waals surface area contributed by atoms with Gasteiger partial charge in [0.1, 0.15) is 11.1 Å². The molecule has 3 heterocycles. The van der Waals surface area contributed by atoms with Crippen molar-refractivity contribution in [1.82, 2.24) is 9.97 Å². The molecule has 4 aromatic rings. The third kappa shape index (κ3) is 2.29. The van der Waals surface area contributed by atoms with Gasteiger partial charge >= 0.3 is 0 Å². The minimum absolute atomic E-state index is 0.394. The Morgan fingerprint density at radius 1 is 1.04 bits per heavy atom. The maximum absolute atomic E-state index is 6.11. The summed E-state index contributed by atoms with van der Waals surface area (Å²) >= 11 is 0. The minimum Gasteiger partial charge on any atom is -0.454 e. The number of furan rings is 1. The molecule has 3 aromatic heterocycles. The molecule has 0 aliphatic rings. The highest BCUT2D eigenvalue weighted by Gasteiger charge is 2.15. The number of para-hydroxylation sites is 1. The van der Waals surface area contributed by atoms with Gasteiger partial charge in [-0.25, -0.2) is 4.98 Å². The second-order valence-electron chi connectivity index (χ2n) is 6.24. The largest absolute Gasteiger partial charge is 0.454 e. The summed E-state index contributed by atoms with van der Waals surface area (Å²) in [6, 6.07) is 14.3. The van der Waals surface area contributed by atoms with Crippen molar-refractivity contribution in [1.29, 1.82) is 0 Å². The van der Waals surface area contributed by atoms with Gasteiger partial charge in [-0.1, -0.05) is 19.9 Å². The van der Waals surface area contributed by atoms with Gasteiger partial charge in [0, 0.05) is 22.8 Å². The van der Waals surface area contributed by atoms with Gasteiger partial charge in [-0.2, -0.15) is 0 Å². The van der Waals surface area contributed by atoms with E-state index in [0.29, 0.717) is 5.92 Å². The molecule has 23 heavy (non-hydrogen) atoms. The molecule has 0 saturated carbocycles. The third-order valence-corrected chi connectivity index (χ3v) is 4.14. The van der Waals surface area contributed by atoms with E-state index < -0.39 is 0 Å². The van der Waals surface area contributed by atoms with Crippen molar-refractivity contribution < 1.29 is 4.42 Å². The van der Waals surface area contributed by atoms with Crippen molar-refractivity contribution in [3.63, 3.8) is 0 Å². The van der Waals surface area contributed by atoms with E-state index in [2.05, 4.69) is 44.0 Å². The summed E-state index contributed by atoms with van der Waals surface area (Å²) in [5.74, 6) is 0.394. The van der Waals surface area contributed by atoms with Crippen LogP contribution >= 0.6 is 0 Å². The molecule has 3 nitrogen and oxygen atoms in total. The van der Waals surface area contributed by atoms with E-state index >= 15 is 0 Å². The van der Waals surface area contributed by atoms with Gasteiger partial charge in [0.2, 0.25) is 0 Å². The van der Waals surface area contributed by atoms with Crippen LogP contribution in [-0.4, -0.2) is 9.97 Å². The van der Waals surface area contributed by atoms with Crippen LogP contribution in [0.5, 0.6) is 0 Å². The van der Waals surface area contributed by atoms with E-state index in [1.54, 1.807) is 0 Å². The molecule has 0 unspecified atom stereocenters. The van der Waals surface area contributed by atoms with Gasteiger partial charge < -0.3 is 4.42 Å². The highest BCUT2D eigenvalue weighted by Crippen LogP contribution is 2.34. The highest BCUT2D eigenvalue weighted by atomic mass is 16.3. The van der Waals surface area contributed by atoms with E-state index in [0.717, 1.165) is 39.0 Å². The number of benzene rings is 1. The lowest BCUT2D eigenvalue weighted by Crippen LogP contribution is -1.91. The summed E-state index contributed by atoms with van der Waals surface area (Å²) in [6.07, 6.45) is 1.83. The number of nitrogens with zero attached hydrogens (tertiary/aromatic N) is 2. The highest BCUT2D eigenvalue weighted by molar-refractivity contribution is 6.07. The zero-order valence-electron chi connectivity index (χ0n) is 13.5. The van der Waals surface area contributed by atoms with Crippen LogP contribution in [-0.2, 0) is 0 Å². The zero-order chi connectivity index (χ0) is 16.0. The predicted molar refractivity (Wildman–Crippen MR) is 93.6 cm³/mol. The second kappa shape index (κ2) is 5.20. The van der Waals surface area contributed by atoms with Crippen molar-refractivity contribution >= 4 is 22.1 Å². The van der Waals surface area contributed by atoms with Crippen molar-refractivity contribution in [3.8, 4) is 11.3 Å². The van der Waals surface area contributed by atoms with E-state index in [1.165, 1.54) is 5.56 Å². The first-order valence-electron chi connectivity index (χ1n) is 7.88. The fourth-order valence-electron chi connectivity index (χ4n) is 2.89. The standard InChI is InChI=1S/C20H18N2O/c1-12(2)16-7-8-18-19(22-16)15-6-4-5-14(20(15)23-18)17-11-13(3)9-10-21-17/h4-12H,1-3H3. The Balaban J connectivity index is 2.02. The summed E-state index contributed by atoms with van der Waals surface area (Å²) in [6.45, 7) is 6.37. The Morgan fingerprint density at radius 3 is 2.70 bits per heavy atom. The smallest absolute Gasteiger partial charge is 0.153 e. The van der Waals surface area contributed by atoms with Crippen LogP contribution in [0.15, 0.2) is 53.1 Å². The number of aryl methyl sites for hydroxylation is 1. The Bertz CT molecular complexity index is 1010. The molecule has 0 saturated heterocycles. The molecule has 0 amide bonds. The van der Waals surface area contributed by atoms with Gasteiger partial charge in [-0.05, 0) is 54.8 Å². The van der Waals surface area contributed by atoms with Crippen molar-refractivity contribution in [2.75, 3.05) is 0 Å². The monoisotopic (exact) mass is 302 g/mol. The number of hydrogen-bond donors (Lipinski definition) is 0. The van der Waals surface area contributed by atoms with Crippen LogP contribution in [0.4, 0.5) is 0 Å². The fourth-order valence-corrected chi connectivity index (χ4v) is 2.89. The number of pyridine rings is 2. The van der Waals surface area contributed by atoms with Crippen LogP contribution in [0.3, 0.4) is 0 Å². The van der Waals surface area contributed by atoms with Gasteiger partial charge in [0.05, 0.1) is 5.69 Å². The first-order valence-corrected chi connectivity index (χ1v) is 7.88. The average Bonchev–Trinajstić information content (AvgIpc) is 2.92. The summed E-state index contributed by atoms with van der Waals surface area (Å²) < 4.78 is 6.11. The Hall–Kier alpha value is -2.68. The molecule has 0 atom stereocenters. The molecule has 0 fully saturated rings. The van der Waals surface area contributed by atoms with Gasteiger partial charge in [-0.3, -0.25) is 4.98 Å². The molecule has 0 spiro atoms. The molecule has 1 aromatic carbocycles. The SMILES string of the molecule is Cc1ccnc(-c2cccc3c2oc2ccc(C(C)C)nc23)c1. The van der Waals surface area contributed by atoms with Crippen molar-refractivity contribution in [3.05, 3.63) is 59.9 Å². The third-order valence-electron chi connectivity index (χ3n) is 4.14. The molecule has 0 bridgehead atoms. The number of aromatic nitrogens is 2. The molecule has 3 heteroatoms. The van der Waals surface area contributed by atoms with Crippen LogP contribution in [0.25, 0.3) is 33.3 Å². The molecule has 0 aliphatic heterocycles. The van der Waals surface area contributed by atoms with E-state index in [4.69, 9.17) is 9.40 Å². The van der Waals surface area contributed by atoms with Crippen LogP contribution in [0, 0.1) is 6.92 Å². The van der Waals surface area contributed by atoms with Crippen LogP contribution < -0.4 is 0 Å². The lowest BCUT2D eigenvalue weighted by atomic mass is 10.1. The Morgan fingerprint density at radius 2 is 1.91 bits per heavy atom. The van der Waals surface area contributed by atoms with E-state index in [9.17, 15) is 0 Å². The molecular weight excluding hydrogens is 284 g/mol. The van der Waals surface area contributed by atoms with Gasteiger partial charge in [0.15, 0.2) is 5.58 Å². The summed E-state index contributed by atoms with van der Waals surface area (Å²) in [7, 11) is 0. The average molecular weight is 302 g/mol. The number of rotatable bonds is 2. The lowest BCUT2D eigenvalue weighted by molar-refractivity contribution is 0.668. The Kier molecular flexibility index (Phi) is 3.15. The van der Waals surface area contributed by atoms with Crippen molar-refractivity contribution in [2.45, 2.75) is 26.7 Å². The minimum atomic E-state index is 0.394. The fraction of sp³-hybridized carbons (Fsp3) is 0.200. The predicted octanol–water partition coefficient (Wildman–Crippen LogP) is 5.47. The molecule has 0 radical (unpaired) electrons. The maximum atomic E-state index is 6.11. The summed E-state index contributed by atoms with van der Waals surface area (Å²) in [4.78, 5) is 9.30. The lowest BCUT2D eigenvalue weighted by Gasteiger charge is -2.03. The van der Waals surface area contributed by atoms with Gasteiger partial charge in [-0.15, -0.1) is 0 Å². The zero-order valence-corrected chi connectivity index (χ0v) is 13.5. The first kappa shape index (κ1) is 13.9. The van der Waals surface area contributed by atoms with Crippen LogP contribution in [0.1, 0.15) is 31.0 Å². The van der Waals surface area contributed by atoms with E-state index in [1.807, 2.05) is 30.5 Å². The maximum Gasteiger partial charge on any atom is 0.153 e.